The molecule has 3 nitrogen and oxygen atoms in total. The van der Waals surface area contributed by atoms with Crippen molar-refractivity contribution < 1.29 is 9.53 Å². The molecule has 2 rings (SSSR count). The Hall–Kier alpha value is -1.81. The highest BCUT2D eigenvalue weighted by Crippen LogP contribution is 2.23. The van der Waals surface area contributed by atoms with Crippen molar-refractivity contribution in [1.29, 1.82) is 0 Å². The molecule has 0 saturated heterocycles. The van der Waals surface area contributed by atoms with E-state index in [0.717, 1.165) is 10.2 Å². The van der Waals surface area contributed by atoms with Gasteiger partial charge < -0.3 is 10.1 Å². The quantitative estimate of drug-likeness (QED) is 0.778. The van der Waals surface area contributed by atoms with Crippen LogP contribution in [0.1, 0.15) is 36.7 Å². The Morgan fingerprint density at radius 2 is 1.74 bits per heavy atom. The zero-order valence-corrected chi connectivity index (χ0v) is 15.3. The molecule has 0 radical (unpaired) electrons. The molecule has 0 aliphatic rings. The number of halogens is 1. The minimum Gasteiger partial charge on any atom is -0.491 e. The Bertz CT molecular complexity index is 660. The fraction of sp³-hybridized carbons (Fsp3) is 0.316. The molecular formula is C19H22BrNO2. The van der Waals surface area contributed by atoms with Crippen LogP contribution in [-0.4, -0.2) is 19.1 Å². The molecule has 0 atom stereocenters. The Balaban J connectivity index is 1.82. The second kappa shape index (κ2) is 7.64. The molecular weight excluding hydrogens is 354 g/mol. The summed E-state index contributed by atoms with van der Waals surface area (Å²) in [5, 5.41) is 2.87. The molecule has 0 aliphatic heterocycles. The number of amides is 1. The first-order valence-electron chi connectivity index (χ1n) is 7.64. The zero-order chi connectivity index (χ0) is 16.9. The maximum absolute atomic E-state index is 12.1. The van der Waals surface area contributed by atoms with Crippen molar-refractivity contribution in [2.24, 2.45) is 0 Å². The summed E-state index contributed by atoms with van der Waals surface area (Å²) < 4.78 is 6.53. The Morgan fingerprint density at radius 1 is 1.09 bits per heavy atom. The van der Waals surface area contributed by atoms with Crippen LogP contribution in [0.15, 0.2) is 53.0 Å². The zero-order valence-electron chi connectivity index (χ0n) is 13.7. The van der Waals surface area contributed by atoms with Crippen molar-refractivity contribution >= 4 is 21.8 Å². The molecule has 0 fully saturated rings. The second-order valence-corrected chi connectivity index (χ2v) is 7.22. The predicted molar refractivity (Wildman–Crippen MR) is 97.1 cm³/mol. The average Bonchev–Trinajstić information content (AvgIpc) is 2.52. The first-order chi connectivity index (χ1) is 10.9. The third-order valence-electron chi connectivity index (χ3n) is 3.49. The lowest BCUT2D eigenvalue weighted by molar-refractivity contribution is 0.0947. The fourth-order valence-corrected chi connectivity index (χ4v) is 2.51. The molecule has 2 aromatic carbocycles. The van der Waals surface area contributed by atoms with Crippen molar-refractivity contribution in [3.05, 3.63) is 64.1 Å². The Labute approximate surface area is 146 Å². The maximum Gasteiger partial charge on any atom is 0.251 e. The summed E-state index contributed by atoms with van der Waals surface area (Å²) in [4.78, 5) is 12.1. The number of hydrogen-bond acceptors (Lipinski definition) is 2. The first kappa shape index (κ1) is 17.5. The Kier molecular flexibility index (Phi) is 5.83. The van der Waals surface area contributed by atoms with Gasteiger partial charge in [-0.2, -0.15) is 0 Å². The SMILES string of the molecule is CC(C)(C)c1ccc(C(=O)NCCOc2ccccc2Br)cc1. The highest BCUT2D eigenvalue weighted by Gasteiger charge is 2.14. The van der Waals surface area contributed by atoms with Gasteiger partial charge in [-0.05, 0) is 51.2 Å². The van der Waals surface area contributed by atoms with Gasteiger partial charge in [0.05, 0.1) is 11.0 Å². The first-order valence-corrected chi connectivity index (χ1v) is 8.43. The van der Waals surface area contributed by atoms with E-state index in [9.17, 15) is 4.79 Å². The van der Waals surface area contributed by atoms with Crippen LogP contribution in [0.25, 0.3) is 0 Å². The van der Waals surface area contributed by atoms with Gasteiger partial charge in [0.25, 0.3) is 5.91 Å². The summed E-state index contributed by atoms with van der Waals surface area (Å²) in [5.74, 6) is 0.692. The summed E-state index contributed by atoms with van der Waals surface area (Å²) >= 11 is 3.42. The average molecular weight is 376 g/mol. The van der Waals surface area contributed by atoms with Crippen molar-refractivity contribution in [2.45, 2.75) is 26.2 Å². The summed E-state index contributed by atoms with van der Waals surface area (Å²) in [6.07, 6.45) is 0. The van der Waals surface area contributed by atoms with Crippen LogP contribution in [0.4, 0.5) is 0 Å². The molecule has 0 spiro atoms. The van der Waals surface area contributed by atoms with Gasteiger partial charge in [-0.25, -0.2) is 0 Å². The standard InChI is InChI=1S/C19H22BrNO2/c1-19(2,3)15-10-8-14(9-11-15)18(22)21-12-13-23-17-7-5-4-6-16(17)20/h4-11H,12-13H2,1-3H3,(H,21,22). The second-order valence-electron chi connectivity index (χ2n) is 6.36. The topological polar surface area (TPSA) is 38.3 Å². The van der Waals surface area contributed by atoms with Gasteiger partial charge >= 0.3 is 0 Å². The smallest absolute Gasteiger partial charge is 0.251 e. The van der Waals surface area contributed by atoms with Crippen LogP contribution in [-0.2, 0) is 5.41 Å². The molecule has 0 heterocycles. The van der Waals surface area contributed by atoms with Crippen LogP contribution in [0.5, 0.6) is 5.75 Å². The van der Waals surface area contributed by atoms with Crippen LogP contribution in [0.2, 0.25) is 0 Å². The summed E-state index contributed by atoms with van der Waals surface area (Å²) in [7, 11) is 0. The van der Waals surface area contributed by atoms with Gasteiger partial charge in [0.1, 0.15) is 12.4 Å². The van der Waals surface area contributed by atoms with Gasteiger partial charge in [-0.15, -0.1) is 0 Å². The molecule has 0 unspecified atom stereocenters. The highest BCUT2D eigenvalue weighted by molar-refractivity contribution is 9.10. The molecule has 0 bridgehead atoms. The van der Waals surface area contributed by atoms with E-state index in [4.69, 9.17) is 4.74 Å². The van der Waals surface area contributed by atoms with E-state index in [-0.39, 0.29) is 11.3 Å². The van der Waals surface area contributed by atoms with Crippen LogP contribution in [0, 0.1) is 0 Å². The van der Waals surface area contributed by atoms with E-state index in [1.807, 2.05) is 48.5 Å². The lowest BCUT2D eigenvalue weighted by Gasteiger charge is -2.19. The van der Waals surface area contributed by atoms with E-state index in [2.05, 4.69) is 42.0 Å². The van der Waals surface area contributed by atoms with Gasteiger partial charge in [-0.3, -0.25) is 4.79 Å². The molecule has 23 heavy (non-hydrogen) atoms. The number of carbonyl (C=O) groups excluding carboxylic acids is 1. The van der Waals surface area contributed by atoms with E-state index in [1.165, 1.54) is 5.56 Å². The molecule has 2 aromatic rings. The lowest BCUT2D eigenvalue weighted by Crippen LogP contribution is -2.28. The minimum absolute atomic E-state index is 0.0822. The number of carbonyl (C=O) groups is 1. The predicted octanol–water partition coefficient (Wildman–Crippen LogP) is 4.56. The number of nitrogens with one attached hydrogen (secondary N) is 1. The number of para-hydroxylation sites is 1. The normalized spacial score (nSPS) is 11.1. The summed E-state index contributed by atoms with van der Waals surface area (Å²) in [6, 6.07) is 15.4. The third kappa shape index (κ3) is 5.10. The molecule has 4 heteroatoms. The highest BCUT2D eigenvalue weighted by atomic mass is 79.9. The molecule has 1 N–H and O–H groups in total. The Morgan fingerprint density at radius 3 is 2.35 bits per heavy atom. The summed E-state index contributed by atoms with van der Waals surface area (Å²) in [6.45, 7) is 7.35. The number of benzene rings is 2. The molecule has 1 amide bonds. The third-order valence-corrected chi connectivity index (χ3v) is 4.15. The van der Waals surface area contributed by atoms with Crippen molar-refractivity contribution in [3.8, 4) is 5.75 Å². The van der Waals surface area contributed by atoms with Crippen molar-refractivity contribution in [1.82, 2.24) is 5.32 Å². The lowest BCUT2D eigenvalue weighted by atomic mass is 9.87. The van der Waals surface area contributed by atoms with Crippen LogP contribution < -0.4 is 10.1 Å². The van der Waals surface area contributed by atoms with E-state index < -0.39 is 0 Å². The van der Waals surface area contributed by atoms with Gasteiger partial charge in [0.15, 0.2) is 0 Å². The summed E-state index contributed by atoms with van der Waals surface area (Å²) in [5.41, 5.74) is 1.97. The van der Waals surface area contributed by atoms with E-state index >= 15 is 0 Å². The van der Waals surface area contributed by atoms with E-state index in [0.29, 0.717) is 18.7 Å². The maximum atomic E-state index is 12.1. The molecule has 122 valence electrons. The number of rotatable bonds is 5. The minimum atomic E-state index is -0.0822. The van der Waals surface area contributed by atoms with Crippen molar-refractivity contribution in [2.75, 3.05) is 13.2 Å². The molecule has 0 aliphatic carbocycles. The van der Waals surface area contributed by atoms with Gasteiger partial charge in [-0.1, -0.05) is 45.0 Å². The molecule has 0 aromatic heterocycles. The van der Waals surface area contributed by atoms with Crippen LogP contribution in [0.3, 0.4) is 0 Å². The monoisotopic (exact) mass is 375 g/mol. The largest absolute Gasteiger partial charge is 0.491 e. The van der Waals surface area contributed by atoms with Crippen molar-refractivity contribution in [3.63, 3.8) is 0 Å². The van der Waals surface area contributed by atoms with Gasteiger partial charge in [0.2, 0.25) is 0 Å². The molecule has 0 saturated carbocycles. The fourth-order valence-electron chi connectivity index (χ4n) is 2.11. The van der Waals surface area contributed by atoms with E-state index in [1.54, 1.807) is 0 Å². The number of ether oxygens (including phenoxy) is 1. The van der Waals surface area contributed by atoms with Gasteiger partial charge in [0, 0.05) is 5.56 Å². The van der Waals surface area contributed by atoms with Crippen LogP contribution >= 0.6 is 15.9 Å². The number of hydrogen-bond donors (Lipinski definition) is 1.